The van der Waals surface area contributed by atoms with Gasteiger partial charge in [-0.25, -0.2) is 4.99 Å². The summed E-state index contributed by atoms with van der Waals surface area (Å²) < 4.78 is 6.32. The Balaban J connectivity index is 1.79. The third kappa shape index (κ3) is 3.94. The van der Waals surface area contributed by atoms with E-state index < -0.39 is 0 Å². The van der Waals surface area contributed by atoms with Crippen molar-refractivity contribution in [1.82, 2.24) is 10.5 Å². The number of carbonyl (C=O) groups excluding carboxylic acids is 1. The standard InChI is InChI=1S/C15H14BrN3O2S2/c1-15(2,3)10-7-12(19-21-10)17-14-18-13(20)9(23-14)6-8-4-5-11(16)22-8/h4-7H,1-3H3,(H,17,18,19,20)/b9-6+. The molecule has 1 N–H and O–H groups in total. The zero-order chi connectivity index (χ0) is 16.6. The van der Waals surface area contributed by atoms with Gasteiger partial charge in [-0.1, -0.05) is 25.9 Å². The number of aliphatic imine (C=N–C) groups is 1. The smallest absolute Gasteiger partial charge is 0.264 e. The van der Waals surface area contributed by atoms with Crippen LogP contribution in [0.15, 0.2) is 36.4 Å². The summed E-state index contributed by atoms with van der Waals surface area (Å²) in [4.78, 5) is 18.0. The van der Waals surface area contributed by atoms with E-state index in [-0.39, 0.29) is 11.3 Å². The van der Waals surface area contributed by atoms with E-state index in [4.69, 9.17) is 4.52 Å². The van der Waals surface area contributed by atoms with Gasteiger partial charge in [0.25, 0.3) is 5.91 Å². The number of amides is 1. The molecule has 5 nitrogen and oxygen atoms in total. The highest BCUT2D eigenvalue weighted by molar-refractivity contribution is 9.11. The fourth-order valence-electron chi connectivity index (χ4n) is 1.79. The molecule has 1 aliphatic heterocycles. The Morgan fingerprint density at radius 1 is 1.39 bits per heavy atom. The van der Waals surface area contributed by atoms with Crippen LogP contribution in [0.4, 0.5) is 5.82 Å². The normalized spacial score (nSPS) is 18.9. The van der Waals surface area contributed by atoms with Crippen molar-refractivity contribution in [2.24, 2.45) is 4.99 Å². The van der Waals surface area contributed by atoms with E-state index in [9.17, 15) is 4.79 Å². The molecule has 1 saturated heterocycles. The van der Waals surface area contributed by atoms with Crippen LogP contribution in [-0.2, 0) is 10.2 Å². The average Bonchev–Trinajstić information content (AvgIpc) is 3.13. The Hall–Kier alpha value is -1.38. The van der Waals surface area contributed by atoms with E-state index in [0.717, 1.165) is 14.4 Å². The summed E-state index contributed by atoms with van der Waals surface area (Å²) in [6.45, 7) is 6.11. The summed E-state index contributed by atoms with van der Waals surface area (Å²) >= 11 is 6.27. The van der Waals surface area contributed by atoms with Crippen LogP contribution in [0, 0.1) is 0 Å². The molecular weight excluding hydrogens is 398 g/mol. The fraction of sp³-hybridized carbons (Fsp3) is 0.267. The van der Waals surface area contributed by atoms with Crippen molar-refractivity contribution in [2.45, 2.75) is 26.2 Å². The van der Waals surface area contributed by atoms with Crippen LogP contribution in [0.2, 0.25) is 0 Å². The predicted molar refractivity (Wildman–Crippen MR) is 98.0 cm³/mol. The molecule has 0 radical (unpaired) electrons. The van der Waals surface area contributed by atoms with Crippen molar-refractivity contribution in [3.63, 3.8) is 0 Å². The van der Waals surface area contributed by atoms with Crippen molar-refractivity contribution < 1.29 is 9.32 Å². The lowest BCUT2D eigenvalue weighted by Crippen LogP contribution is -2.19. The lowest BCUT2D eigenvalue weighted by atomic mass is 9.93. The van der Waals surface area contributed by atoms with Crippen molar-refractivity contribution in [3.8, 4) is 0 Å². The molecule has 0 saturated carbocycles. The van der Waals surface area contributed by atoms with Crippen molar-refractivity contribution in [1.29, 1.82) is 0 Å². The van der Waals surface area contributed by atoms with Crippen LogP contribution in [0.25, 0.3) is 6.08 Å². The molecule has 0 spiro atoms. The van der Waals surface area contributed by atoms with Gasteiger partial charge in [0.2, 0.25) is 0 Å². The van der Waals surface area contributed by atoms with E-state index in [2.05, 4.69) is 31.4 Å². The Kier molecular flexibility index (Phi) is 4.48. The number of nitrogens with zero attached hydrogens (tertiary/aromatic N) is 2. The molecule has 2 aromatic rings. The van der Waals surface area contributed by atoms with Crippen LogP contribution in [0.5, 0.6) is 0 Å². The van der Waals surface area contributed by atoms with Crippen LogP contribution >= 0.6 is 39.0 Å². The van der Waals surface area contributed by atoms with Gasteiger partial charge in [-0.3, -0.25) is 4.79 Å². The predicted octanol–water partition coefficient (Wildman–Crippen LogP) is 4.69. The summed E-state index contributed by atoms with van der Waals surface area (Å²) in [5.74, 6) is 1.06. The quantitative estimate of drug-likeness (QED) is 0.727. The number of nitrogens with one attached hydrogen (secondary N) is 1. The van der Waals surface area contributed by atoms with Gasteiger partial charge >= 0.3 is 0 Å². The highest BCUT2D eigenvalue weighted by Crippen LogP contribution is 2.32. The fourth-order valence-corrected chi connectivity index (χ4v) is 4.05. The van der Waals surface area contributed by atoms with Crippen molar-refractivity contribution in [3.05, 3.63) is 37.5 Å². The molecule has 1 fully saturated rings. The van der Waals surface area contributed by atoms with Crippen LogP contribution < -0.4 is 5.32 Å². The SMILES string of the molecule is CC(C)(C)c1cc(N=C2NC(=O)/C(=C\c3ccc(Br)s3)S2)no1. The minimum atomic E-state index is -0.155. The van der Waals surface area contributed by atoms with Gasteiger partial charge in [-0.2, -0.15) is 0 Å². The monoisotopic (exact) mass is 411 g/mol. The molecule has 0 unspecified atom stereocenters. The molecule has 2 aromatic heterocycles. The number of thiophene rings is 1. The molecular formula is C15H14BrN3O2S2. The first kappa shape index (κ1) is 16.5. The Labute approximate surface area is 150 Å². The molecule has 8 heteroatoms. The molecule has 1 amide bonds. The lowest BCUT2D eigenvalue weighted by molar-refractivity contribution is -0.115. The van der Waals surface area contributed by atoms with Gasteiger partial charge in [0.1, 0.15) is 5.76 Å². The maximum atomic E-state index is 12.0. The van der Waals surface area contributed by atoms with Gasteiger partial charge in [0, 0.05) is 16.4 Å². The summed E-state index contributed by atoms with van der Waals surface area (Å²) in [7, 11) is 0. The van der Waals surface area contributed by atoms with E-state index >= 15 is 0 Å². The molecule has 0 atom stereocenters. The third-order valence-corrected chi connectivity index (χ3v) is 5.45. The summed E-state index contributed by atoms with van der Waals surface area (Å²) in [6.07, 6.45) is 1.85. The van der Waals surface area contributed by atoms with E-state index in [1.807, 2.05) is 39.0 Å². The average molecular weight is 412 g/mol. The van der Waals surface area contributed by atoms with E-state index in [1.165, 1.54) is 11.8 Å². The number of amidine groups is 1. The van der Waals surface area contributed by atoms with Gasteiger partial charge < -0.3 is 9.84 Å². The van der Waals surface area contributed by atoms with Gasteiger partial charge in [-0.05, 0) is 45.9 Å². The molecule has 3 rings (SSSR count). The minimum absolute atomic E-state index is 0.130. The first-order chi connectivity index (χ1) is 10.8. The Morgan fingerprint density at radius 2 is 2.17 bits per heavy atom. The van der Waals surface area contributed by atoms with E-state index in [0.29, 0.717) is 15.9 Å². The number of hydrogen-bond donors (Lipinski definition) is 1. The maximum absolute atomic E-state index is 12.0. The van der Waals surface area contributed by atoms with Gasteiger partial charge in [0.15, 0.2) is 11.0 Å². The number of aromatic nitrogens is 1. The number of hydrogen-bond acceptors (Lipinski definition) is 6. The topological polar surface area (TPSA) is 67.5 Å². The second-order valence-corrected chi connectivity index (χ2v) is 9.45. The zero-order valence-corrected chi connectivity index (χ0v) is 15.9. The minimum Gasteiger partial charge on any atom is -0.359 e. The highest BCUT2D eigenvalue weighted by atomic mass is 79.9. The van der Waals surface area contributed by atoms with Crippen molar-refractivity contribution >= 4 is 62.0 Å². The number of carbonyl (C=O) groups is 1. The first-order valence-electron chi connectivity index (χ1n) is 6.83. The molecule has 3 heterocycles. The molecule has 120 valence electrons. The molecule has 0 aromatic carbocycles. The van der Waals surface area contributed by atoms with Gasteiger partial charge in [0.05, 0.1) is 8.69 Å². The zero-order valence-electron chi connectivity index (χ0n) is 12.7. The van der Waals surface area contributed by atoms with Crippen LogP contribution in [0.3, 0.4) is 0 Å². The molecule has 0 aliphatic carbocycles. The maximum Gasteiger partial charge on any atom is 0.264 e. The lowest BCUT2D eigenvalue weighted by Gasteiger charge is -2.11. The second kappa shape index (κ2) is 6.26. The van der Waals surface area contributed by atoms with Crippen molar-refractivity contribution in [2.75, 3.05) is 0 Å². The number of halogens is 1. The Bertz CT molecular complexity index is 815. The molecule has 1 aliphatic rings. The molecule has 23 heavy (non-hydrogen) atoms. The first-order valence-corrected chi connectivity index (χ1v) is 9.26. The second-order valence-electron chi connectivity index (χ2n) is 5.92. The number of rotatable bonds is 2. The summed E-state index contributed by atoms with van der Waals surface area (Å²) in [5, 5.41) is 7.18. The van der Waals surface area contributed by atoms with E-state index in [1.54, 1.807) is 17.4 Å². The largest absolute Gasteiger partial charge is 0.359 e. The number of thioether (sulfide) groups is 1. The van der Waals surface area contributed by atoms with Crippen LogP contribution in [0.1, 0.15) is 31.4 Å². The third-order valence-electron chi connectivity index (χ3n) is 2.97. The summed E-state index contributed by atoms with van der Waals surface area (Å²) in [6, 6.07) is 5.70. The van der Waals surface area contributed by atoms with Gasteiger partial charge in [-0.15, -0.1) is 11.3 Å². The summed E-state index contributed by atoms with van der Waals surface area (Å²) in [5.41, 5.74) is -0.130. The highest BCUT2D eigenvalue weighted by Gasteiger charge is 2.25. The molecule has 0 bridgehead atoms. The Morgan fingerprint density at radius 3 is 2.78 bits per heavy atom. The van der Waals surface area contributed by atoms with Crippen LogP contribution in [-0.4, -0.2) is 16.2 Å².